The molecule has 0 spiro atoms. The van der Waals surface area contributed by atoms with Crippen molar-refractivity contribution < 1.29 is 12.5 Å². The molecule has 1 rings (SSSR count). The lowest BCUT2D eigenvalue weighted by molar-refractivity contribution is 0.220. The minimum atomic E-state index is -0.886. The summed E-state index contributed by atoms with van der Waals surface area (Å²) in [5.41, 5.74) is 7.33. The molecule has 1 aromatic carbocycles. The summed E-state index contributed by atoms with van der Waals surface area (Å²) in [5, 5.41) is 0. The Morgan fingerprint density at radius 1 is 1.29 bits per heavy atom. The lowest BCUT2D eigenvalue weighted by Gasteiger charge is -2.00. The first kappa shape index (κ1) is 11.3. The quantitative estimate of drug-likeness (QED) is 0.597. The fourth-order valence-electron chi connectivity index (χ4n) is 0.963. The van der Waals surface area contributed by atoms with Crippen molar-refractivity contribution in [2.45, 2.75) is 6.61 Å². The molecular formula is C9H14NO3S+. The van der Waals surface area contributed by atoms with Gasteiger partial charge in [0.2, 0.25) is 0 Å². The van der Waals surface area contributed by atoms with Crippen LogP contribution in [-0.4, -0.2) is 14.2 Å². The first-order valence-electron chi connectivity index (χ1n) is 4.07. The van der Waals surface area contributed by atoms with Crippen LogP contribution in [0.4, 0.5) is 5.69 Å². The van der Waals surface area contributed by atoms with E-state index in [2.05, 4.69) is 0 Å². The summed E-state index contributed by atoms with van der Waals surface area (Å²) in [7, 11) is 3.07. The fraction of sp³-hybridized carbons (Fsp3) is 0.333. The van der Waals surface area contributed by atoms with Crippen LogP contribution in [0.5, 0.6) is 0 Å². The van der Waals surface area contributed by atoms with Gasteiger partial charge in [-0.1, -0.05) is 12.1 Å². The van der Waals surface area contributed by atoms with E-state index in [1.807, 2.05) is 24.3 Å². The van der Waals surface area contributed by atoms with Crippen molar-refractivity contribution in [2.24, 2.45) is 0 Å². The second-order valence-corrected chi connectivity index (χ2v) is 3.86. The molecule has 1 aromatic rings. The molecule has 0 aliphatic heterocycles. The Bertz CT molecular complexity index is 279. The average molecular weight is 216 g/mol. The zero-order valence-electron chi connectivity index (χ0n) is 8.23. The average Bonchev–Trinajstić information content (AvgIpc) is 2.19. The third-order valence-electron chi connectivity index (χ3n) is 1.55. The van der Waals surface area contributed by atoms with Gasteiger partial charge < -0.3 is 5.73 Å². The van der Waals surface area contributed by atoms with Gasteiger partial charge in [0.25, 0.3) is 0 Å². The maximum absolute atomic E-state index is 5.61. The van der Waals surface area contributed by atoms with Gasteiger partial charge in [-0.2, -0.15) is 0 Å². The predicted molar refractivity (Wildman–Crippen MR) is 57.0 cm³/mol. The molecule has 0 radical (unpaired) electrons. The Labute approximate surface area is 86.9 Å². The third-order valence-corrected chi connectivity index (χ3v) is 2.40. The highest BCUT2D eigenvalue weighted by atomic mass is 32.3. The Morgan fingerprint density at radius 3 is 2.57 bits per heavy atom. The summed E-state index contributed by atoms with van der Waals surface area (Å²) in [6.07, 6.45) is 0. The summed E-state index contributed by atoms with van der Waals surface area (Å²) < 4.78 is 15.1. The maximum Gasteiger partial charge on any atom is 0.507 e. The van der Waals surface area contributed by atoms with E-state index in [-0.39, 0.29) is 0 Å². The van der Waals surface area contributed by atoms with E-state index >= 15 is 0 Å². The van der Waals surface area contributed by atoms with E-state index in [4.69, 9.17) is 18.3 Å². The molecule has 0 unspecified atom stereocenters. The molecule has 0 saturated carbocycles. The van der Waals surface area contributed by atoms with Crippen LogP contribution in [0.25, 0.3) is 0 Å². The molecule has 0 bridgehead atoms. The summed E-state index contributed by atoms with van der Waals surface area (Å²) in [5.74, 6) is 0. The van der Waals surface area contributed by atoms with Crippen molar-refractivity contribution in [3.63, 3.8) is 0 Å². The van der Waals surface area contributed by atoms with Crippen LogP contribution in [0, 0.1) is 0 Å². The molecule has 0 atom stereocenters. The van der Waals surface area contributed by atoms with Gasteiger partial charge in [-0.3, -0.25) is 0 Å². The lowest BCUT2D eigenvalue weighted by Crippen LogP contribution is -2.10. The van der Waals surface area contributed by atoms with Crippen LogP contribution in [0.1, 0.15) is 5.56 Å². The van der Waals surface area contributed by atoms with E-state index in [1.165, 1.54) is 14.2 Å². The van der Waals surface area contributed by atoms with Crippen molar-refractivity contribution in [2.75, 3.05) is 20.0 Å². The SMILES string of the molecule is CO[S+](OC)OCc1cccc(N)c1. The van der Waals surface area contributed by atoms with Crippen LogP contribution in [0.2, 0.25) is 0 Å². The normalized spacial score (nSPS) is 10.8. The zero-order valence-corrected chi connectivity index (χ0v) is 9.04. The number of benzene rings is 1. The molecule has 0 aliphatic rings. The van der Waals surface area contributed by atoms with Crippen LogP contribution >= 0.6 is 0 Å². The maximum atomic E-state index is 5.61. The molecule has 0 saturated heterocycles. The molecule has 0 aromatic heterocycles. The highest BCUT2D eigenvalue weighted by Gasteiger charge is 2.22. The van der Waals surface area contributed by atoms with Gasteiger partial charge in [0, 0.05) is 5.69 Å². The van der Waals surface area contributed by atoms with E-state index in [0.29, 0.717) is 6.61 Å². The van der Waals surface area contributed by atoms with Crippen molar-refractivity contribution in [1.29, 1.82) is 0 Å². The van der Waals surface area contributed by atoms with Gasteiger partial charge in [-0.15, -0.1) is 12.5 Å². The number of hydrogen-bond donors (Lipinski definition) is 1. The van der Waals surface area contributed by atoms with Crippen molar-refractivity contribution in [3.05, 3.63) is 29.8 Å². The first-order valence-corrected chi connectivity index (χ1v) is 5.07. The summed E-state index contributed by atoms with van der Waals surface area (Å²) in [6.45, 7) is 0.426. The van der Waals surface area contributed by atoms with E-state index < -0.39 is 11.7 Å². The number of nitrogens with two attached hydrogens (primary N) is 1. The van der Waals surface area contributed by atoms with Gasteiger partial charge in [0.15, 0.2) is 0 Å². The molecule has 4 nitrogen and oxygen atoms in total. The number of rotatable bonds is 5. The van der Waals surface area contributed by atoms with Crippen LogP contribution in [0.15, 0.2) is 24.3 Å². The van der Waals surface area contributed by atoms with Crippen molar-refractivity contribution >= 4 is 17.4 Å². The minimum absolute atomic E-state index is 0.426. The highest BCUT2D eigenvalue weighted by molar-refractivity contribution is 7.82. The molecule has 14 heavy (non-hydrogen) atoms. The van der Waals surface area contributed by atoms with Gasteiger partial charge in [0.1, 0.15) is 6.61 Å². The summed E-state index contributed by atoms with van der Waals surface area (Å²) in [4.78, 5) is 0. The topological polar surface area (TPSA) is 53.7 Å². The molecule has 0 amide bonds. The lowest BCUT2D eigenvalue weighted by atomic mass is 10.2. The molecule has 0 aliphatic carbocycles. The Morgan fingerprint density at radius 2 is 2.00 bits per heavy atom. The molecule has 5 heteroatoms. The summed E-state index contributed by atoms with van der Waals surface area (Å²) >= 11 is -0.886. The first-order chi connectivity index (χ1) is 6.76. The largest absolute Gasteiger partial charge is 0.507 e. The van der Waals surface area contributed by atoms with Gasteiger partial charge >= 0.3 is 11.7 Å². The van der Waals surface area contributed by atoms with Crippen LogP contribution in [-0.2, 0) is 30.9 Å². The monoisotopic (exact) mass is 216 g/mol. The molecule has 0 heterocycles. The molecule has 78 valence electrons. The van der Waals surface area contributed by atoms with Crippen LogP contribution in [0.3, 0.4) is 0 Å². The number of nitrogen functional groups attached to an aromatic ring is 1. The van der Waals surface area contributed by atoms with Gasteiger partial charge in [-0.25, -0.2) is 0 Å². The standard InChI is InChI=1S/C9H14NO3S/c1-11-14(12-2)13-7-8-4-3-5-9(10)6-8/h3-6H,7,10H2,1-2H3/q+1. The van der Waals surface area contributed by atoms with Crippen LogP contribution < -0.4 is 5.73 Å². The van der Waals surface area contributed by atoms with Gasteiger partial charge in [-0.05, 0) is 17.7 Å². The van der Waals surface area contributed by atoms with E-state index in [9.17, 15) is 0 Å². The van der Waals surface area contributed by atoms with Crippen molar-refractivity contribution in [3.8, 4) is 0 Å². The van der Waals surface area contributed by atoms with Gasteiger partial charge in [0.05, 0.1) is 14.2 Å². The highest BCUT2D eigenvalue weighted by Crippen LogP contribution is 2.10. The zero-order chi connectivity index (χ0) is 10.4. The Hall–Kier alpha value is -0.750. The second kappa shape index (κ2) is 5.87. The Balaban J connectivity index is 2.44. The number of hydrogen-bond acceptors (Lipinski definition) is 4. The van der Waals surface area contributed by atoms with E-state index in [0.717, 1.165) is 11.3 Å². The van der Waals surface area contributed by atoms with E-state index in [1.54, 1.807) is 0 Å². The smallest absolute Gasteiger partial charge is 0.399 e. The predicted octanol–water partition coefficient (Wildman–Crippen LogP) is 1.44. The second-order valence-electron chi connectivity index (χ2n) is 2.54. The molecular weight excluding hydrogens is 202 g/mol. The summed E-state index contributed by atoms with van der Waals surface area (Å²) in [6, 6.07) is 7.50. The third kappa shape index (κ3) is 3.55. The van der Waals surface area contributed by atoms with Crippen molar-refractivity contribution in [1.82, 2.24) is 0 Å². The minimum Gasteiger partial charge on any atom is -0.399 e. The fourth-order valence-corrected chi connectivity index (χ4v) is 1.52. The molecule has 2 N–H and O–H groups in total. The Kier molecular flexibility index (Phi) is 4.75. The molecule has 0 fully saturated rings. The number of anilines is 1.